The lowest BCUT2D eigenvalue weighted by Gasteiger charge is -2.48. The van der Waals surface area contributed by atoms with Gasteiger partial charge in [0.1, 0.15) is 11.6 Å². The number of rotatable bonds is 6. The predicted molar refractivity (Wildman–Crippen MR) is 115 cm³/mol. The zero-order chi connectivity index (χ0) is 21.3. The van der Waals surface area contributed by atoms with E-state index in [2.05, 4.69) is 6.58 Å². The molecule has 2 aromatic carbocycles. The van der Waals surface area contributed by atoms with E-state index in [1.165, 1.54) is 18.6 Å². The van der Waals surface area contributed by atoms with Crippen LogP contribution in [0.15, 0.2) is 60.7 Å². The van der Waals surface area contributed by atoms with Crippen molar-refractivity contribution in [3.63, 3.8) is 0 Å². The van der Waals surface area contributed by atoms with Crippen molar-refractivity contribution in [1.82, 2.24) is 0 Å². The Bertz CT molecular complexity index is 903. The number of aliphatic hydroxyl groups is 1. The van der Waals surface area contributed by atoms with Crippen LogP contribution in [-0.4, -0.2) is 22.2 Å². The number of β-lactam (4-membered cyclic amide) rings is 1. The van der Waals surface area contributed by atoms with Crippen molar-refractivity contribution < 1.29 is 19.4 Å². The monoisotopic (exact) mass is 409 g/mol. The molecule has 2 N–H and O–H groups in total. The second kappa shape index (κ2) is 8.60. The molecule has 4 nitrogen and oxygen atoms in total. The molecule has 0 radical (unpaired) electrons. The van der Waals surface area contributed by atoms with Gasteiger partial charge < -0.3 is 15.1 Å². The first kappa shape index (κ1) is 20.6. The van der Waals surface area contributed by atoms with E-state index in [0.29, 0.717) is 12.1 Å². The van der Waals surface area contributed by atoms with Crippen LogP contribution >= 0.6 is 0 Å². The van der Waals surface area contributed by atoms with Crippen LogP contribution in [0.25, 0.3) is 0 Å². The van der Waals surface area contributed by atoms with Gasteiger partial charge in [0.15, 0.2) is 0 Å². The average Bonchev–Trinajstić information content (AvgIpc) is 2.75. The zero-order valence-corrected chi connectivity index (χ0v) is 17.0. The molecule has 1 aliphatic heterocycles. The van der Waals surface area contributed by atoms with E-state index in [4.69, 9.17) is 0 Å². The van der Waals surface area contributed by atoms with Crippen molar-refractivity contribution in [2.75, 3.05) is 4.90 Å². The Kier molecular flexibility index (Phi) is 5.91. The Balaban J connectivity index is 1.57. The van der Waals surface area contributed by atoms with E-state index >= 15 is 0 Å². The van der Waals surface area contributed by atoms with Crippen molar-refractivity contribution in [1.29, 1.82) is 0 Å². The van der Waals surface area contributed by atoms with Crippen molar-refractivity contribution in [3.05, 3.63) is 72.1 Å². The highest BCUT2D eigenvalue weighted by Crippen LogP contribution is 2.48. The average molecular weight is 410 g/mol. The number of carbonyl (C=O) groups is 1. The number of hydrogen-bond donors (Lipinski definition) is 2. The molecule has 0 unspecified atom stereocenters. The first-order valence-corrected chi connectivity index (χ1v) is 10.7. The molecule has 4 rings (SSSR count). The highest BCUT2D eigenvalue weighted by atomic mass is 19.1. The second-order valence-electron chi connectivity index (χ2n) is 8.53. The third-order valence-electron chi connectivity index (χ3n) is 6.54. The molecule has 5 heteroatoms. The SMILES string of the molecule is C=C(C[C@H](O)C1CCCCC1)[C@H]1C(=O)N(c2ccc(F)cc2)[C@@H]1c1ccc(O)cc1. The molecule has 2 fully saturated rings. The molecule has 1 aliphatic carbocycles. The van der Waals surface area contributed by atoms with Crippen molar-refractivity contribution in [2.45, 2.75) is 50.7 Å². The molecule has 2 aromatic rings. The normalized spacial score (nSPS) is 23.1. The maximum Gasteiger partial charge on any atom is 0.237 e. The highest BCUT2D eigenvalue weighted by Gasteiger charge is 2.50. The molecule has 0 spiro atoms. The summed E-state index contributed by atoms with van der Waals surface area (Å²) in [6.07, 6.45) is 5.49. The van der Waals surface area contributed by atoms with Gasteiger partial charge >= 0.3 is 0 Å². The van der Waals surface area contributed by atoms with E-state index < -0.39 is 12.0 Å². The van der Waals surface area contributed by atoms with Gasteiger partial charge in [0.05, 0.1) is 18.1 Å². The Hall–Kier alpha value is -2.66. The number of halogens is 1. The van der Waals surface area contributed by atoms with Crippen molar-refractivity contribution >= 4 is 11.6 Å². The third kappa shape index (κ3) is 3.99. The number of phenolic OH excluding ortho intramolecular Hbond substituents is 1. The van der Waals surface area contributed by atoms with Gasteiger partial charge in [-0.25, -0.2) is 4.39 Å². The summed E-state index contributed by atoms with van der Waals surface area (Å²) in [6, 6.07) is 12.3. The second-order valence-corrected chi connectivity index (χ2v) is 8.53. The van der Waals surface area contributed by atoms with Crippen LogP contribution < -0.4 is 4.90 Å². The number of carbonyl (C=O) groups excluding carboxylic acids is 1. The van der Waals surface area contributed by atoms with E-state index in [0.717, 1.165) is 36.8 Å². The van der Waals surface area contributed by atoms with Gasteiger partial charge in [-0.15, -0.1) is 0 Å². The van der Waals surface area contributed by atoms with Gasteiger partial charge in [-0.05, 0) is 67.1 Å². The smallest absolute Gasteiger partial charge is 0.237 e. The number of aromatic hydroxyl groups is 1. The van der Waals surface area contributed by atoms with E-state index in [1.54, 1.807) is 41.3 Å². The number of anilines is 1. The number of amides is 1. The Morgan fingerprint density at radius 1 is 1.07 bits per heavy atom. The summed E-state index contributed by atoms with van der Waals surface area (Å²) in [4.78, 5) is 14.8. The van der Waals surface area contributed by atoms with E-state index in [-0.39, 0.29) is 29.4 Å². The lowest BCUT2D eigenvalue weighted by Crippen LogP contribution is -2.56. The minimum atomic E-state index is -0.481. The van der Waals surface area contributed by atoms with Crippen LogP contribution in [0.2, 0.25) is 0 Å². The Morgan fingerprint density at radius 3 is 2.33 bits per heavy atom. The van der Waals surface area contributed by atoms with Gasteiger partial charge in [0, 0.05) is 5.69 Å². The van der Waals surface area contributed by atoms with Gasteiger partial charge in [-0.1, -0.05) is 43.5 Å². The van der Waals surface area contributed by atoms with Crippen LogP contribution in [0.5, 0.6) is 5.75 Å². The van der Waals surface area contributed by atoms with Crippen LogP contribution in [0.1, 0.15) is 50.1 Å². The summed E-state index contributed by atoms with van der Waals surface area (Å²) in [7, 11) is 0. The van der Waals surface area contributed by atoms with Crippen LogP contribution in [0.3, 0.4) is 0 Å². The fourth-order valence-electron chi connectivity index (χ4n) is 4.87. The standard InChI is InChI=1S/C25H28FNO3/c1-16(15-22(29)17-5-3-2-4-6-17)23-24(18-7-13-21(28)14-8-18)27(25(23)30)20-11-9-19(26)10-12-20/h7-14,17,22-24,28-29H,1-6,15H2/t22-,23+,24+/m0/s1. The predicted octanol–water partition coefficient (Wildman–Crippen LogP) is 5.12. The molecule has 3 atom stereocenters. The molecule has 158 valence electrons. The maximum atomic E-state index is 13.4. The van der Waals surface area contributed by atoms with E-state index in [1.807, 2.05) is 0 Å². The molecule has 2 aliphatic rings. The molecular formula is C25H28FNO3. The van der Waals surface area contributed by atoms with Crippen LogP contribution in [0.4, 0.5) is 10.1 Å². The zero-order valence-electron chi connectivity index (χ0n) is 17.0. The number of phenols is 1. The molecule has 0 aromatic heterocycles. The molecule has 30 heavy (non-hydrogen) atoms. The number of aliphatic hydroxyl groups excluding tert-OH is 1. The van der Waals surface area contributed by atoms with Crippen LogP contribution in [0, 0.1) is 17.7 Å². The Labute approximate surface area is 176 Å². The van der Waals surface area contributed by atoms with Crippen LogP contribution in [-0.2, 0) is 4.79 Å². The molecule has 1 saturated heterocycles. The van der Waals surface area contributed by atoms with E-state index in [9.17, 15) is 19.4 Å². The summed E-state index contributed by atoms with van der Waals surface area (Å²) in [5.74, 6) is -0.477. The largest absolute Gasteiger partial charge is 0.508 e. The third-order valence-corrected chi connectivity index (χ3v) is 6.54. The summed E-state index contributed by atoms with van der Waals surface area (Å²) >= 11 is 0. The minimum Gasteiger partial charge on any atom is -0.508 e. The highest BCUT2D eigenvalue weighted by molar-refractivity contribution is 6.05. The van der Waals surface area contributed by atoms with Gasteiger partial charge in [0.2, 0.25) is 5.91 Å². The number of benzene rings is 2. The summed E-state index contributed by atoms with van der Waals surface area (Å²) in [6.45, 7) is 4.18. The van der Waals surface area contributed by atoms with Crippen molar-refractivity contribution in [2.24, 2.45) is 11.8 Å². The number of nitrogens with zero attached hydrogens (tertiary/aromatic N) is 1. The quantitative estimate of drug-likeness (QED) is 0.514. The molecule has 1 heterocycles. The van der Waals surface area contributed by atoms with Crippen molar-refractivity contribution in [3.8, 4) is 5.75 Å². The first-order chi connectivity index (χ1) is 14.5. The molecular weight excluding hydrogens is 381 g/mol. The van der Waals surface area contributed by atoms with Gasteiger partial charge in [-0.2, -0.15) is 0 Å². The minimum absolute atomic E-state index is 0.0967. The lowest BCUT2D eigenvalue weighted by molar-refractivity contribution is -0.128. The molecule has 1 amide bonds. The maximum absolute atomic E-state index is 13.4. The summed E-state index contributed by atoms with van der Waals surface area (Å²) in [5, 5.41) is 20.4. The summed E-state index contributed by atoms with van der Waals surface area (Å²) < 4.78 is 13.4. The molecule has 0 bridgehead atoms. The fraction of sp³-hybridized carbons (Fsp3) is 0.400. The topological polar surface area (TPSA) is 60.8 Å². The Morgan fingerprint density at radius 2 is 1.70 bits per heavy atom. The summed E-state index contributed by atoms with van der Waals surface area (Å²) in [5.41, 5.74) is 2.22. The molecule has 1 saturated carbocycles. The lowest BCUT2D eigenvalue weighted by atomic mass is 9.74. The fourth-order valence-corrected chi connectivity index (χ4v) is 4.87. The first-order valence-electron chi connectivity index (χ1n) is 10.7. The number of hydrogen-bond acceptors (Lipinski definition) is 3. The van der Waals surface area contributed by atoms with Gasteiger partial charge in [-0.3, -0.25) is 4.79 Å². The van der Waals surface area contributed by atoms with Gasteiger partial charge in [0.25, 0.3) is 0 Å².